The maximum atomic E-state index is 12.5. The van der Waals surface area contributed by atoms with E-state index < -0.39 is 5.54 Å². The van der Waals surface area contributed by atoms with Crippen molar-refractivity contribution in [1.29, 1.82) is 0 Å². The number of benzene rings is 1. The van der Waals surface area contributed by atoms with Gasteiger partial charge >= 0.3 is 0 Å². The summed E-state index contributed by atoms with van der Waals surface area (Å²) >= 11 is 0. The Morgan fingerprint density at radius 3 is 2.32 bits per heavy atom. The molecule has 0 aromatic heterocycles. The zero-order valence-electron chi connectivity index (χ0n) is 11.8. The number of carbonyl (C=O) groups excluding carboxylic acids is 1. The molecule has 19 heavy (non-hydrogen) atoms. The summed E-state index contributed by atoms with van der Waals surface area (Å²) in [5, 5.41) is 12.8. The molecule has 0 bridgehead atoms. The van der Waals surface area contributed by atoms with Gasteiger partial charge in [-0.15, -0.1) is 0 Å². The number of carbonyl (C=O) groups is 1. The van der Waals surface area contributed by atoms with Gasteiger partial charge in [-0.3, -0.25) is 4.79 Å². The van der Waals surface area contributed by atoms with Gasteiger partial charge in [-0.1, -0.05) is 37.5 Å². The fourth-order valence-electron chi connectivity index (χ4n) is 3.03. The maximum absolute atomic E-state index is 12.5. The van der Waals surface area contributed by atoms with E-state index >= 15 is 0 Å². The van der Waals surface area contributed by atoms with Crippen LogP contribution in [-0.2, 0) is 0 Å². The largest absolute Gasteiger partial charge is 0.394 e. The smallest absolute Gasteiger partial charge is 0.252 e. The van der Waals surface area contributed by atoms with Crippen molar-refractivity contribution >= 4 is 5.91 Å². The first kappa shape index (κ1) is 14.1. The molecule has 1 aliphatic carbocycles. The molecule has 0 spiro atoms. The van der Waals surface area contributed by atoms with Gasteiger partial charge < -0.3 is 10.4 Å². The molecule has 0 radical (unpaired) electrons. The molecule has 3 heteroatoms. The van der Waals surface area contributed by atoms with Gasteiger partial charge in [-0.25, -0.2) is 0 Å². The summed E-state index contributed by atoms with van der Waals surface area (Å²) in [5.74, 6) is -0.0495. The highest BCUT2D eigenvalue weighted by molar-refractivity contribution is 5.97. The molecule has 1 amide bonds. The molecule has 2 rings (SSSR count). The van der Waals surface area contributed by atoms with Crippen molar-refractivity contribution in [3.63, 3.8) is 0 Å². The minimum absolute atomic E-state index is 0.0314. The summed E-state index contributed by atoms with van der Waals surface area (Å²) in [6, 6.07) is 5.87. The van der Waals surface area contributed by atoms with Crippen LogP contribution in [0, 0.1) is 13.8 Å². The van der Waals surface area contributed by atoms with E-state index in [0.29, 0.717) is 0 Å². The predicted molar refractivity (Wildman–Crippen MR) is 76.3 cm³/mol. The Kier molecular flexibility index (Phi) is 4.25. The number of aliphatic hydroxyl groups is 1. The van der Waals surface area contributed by atoms with Crippen LogP contribution in [-0.4, -0.2) is 23.2 Å². The average molecular weight is 261 g/mol. The van der Waals surface area contributed by atoms with Crippen LogP contribution in [0.5, 0.6) is 0 Å². The molecule has 0 aliphatic heterocycles. The third kappa shape index (κ3) is 2.98. The second-order valence-corrected chi connectivity index (χ2v) is 5.72. The lowest BCUT2D eigenvalue weighted by Crippen LogP contribution is -2.52. The topological polar surface area (TPSA) is 49.3 Å². The van der Waals surface area contributed by atoms with Gasteiger partial charge in [0.15, 0.2) is 0 Å². The Hall–Kier alpha value is -1.35. The van der Waals surface area contributed by atoms with Gasteiger partial charge in [0.05, 0.1) is 12.1 Å². The van der Waals surface area contributed by atoms with Crippen LogP contribution in [0.25, 0.3) is 0 Å². The summed E-state index contributed by atoms with van der Waals surface area (Å²) in [6.45, 7) is 3.94. The van der Waals surface area contributed by atoms with E-state index in [2.05, 4.69) is 5.32 Å². The van der Waals surface area contributed by atoms with E-state index in [4.69, 9.17) is 0 Å². The first-order valence-corrected chi connectivity index (χ1v) is 7.08. The van der Waals surface area contributed by atoms with Crippen LogP contribution in [0.3, 0.4) is 0 Å². The number of aryl methyl sites for hydroxylation is 2. The summed E-state index contributed by atoms with van der Waals surface area (Å²) in [5.41, 5.74) is 2.31. The van der Waals surface area contributed by atoms with Crippen LogP contribution in [0.15, 0.2) is 18.2 Å². The SMILES string of the molecule is Cc1cccc(C)c1C(=O)NC1(CO)CCCCC1. The summed E-state index contributed by atoms with van der Waals surface area (Å²) < 4.78 is 0. The van der Waals surface area contributed by atoms with Gasteiger partial charge in [0.2, 0.25) is 0 Å². The first-order valence-electron chi connectivity index (χ1n) is 7.08. The highest BCUT2D eigenvalue weighted by Gasteiger charge is 2.33. The second kappa shape index (κ2) is 5.74. The normalized spacial score (nSPS) is 18.1. The Morgan fingerprint density at radius 1 is 1.21 bits per heavy atom. The highest BCUT2D eigenvalue weighted by atomic mass is 16.3. The van der Waals surface area contributed by atoms with Crippen LogP contribution >= 0.6 is 0 Å². The van der Waals surface area contributed by atoms with Gasteiger partial charge in [0.25, 0.3) is 5.91 Å². The number of nitrogens with one attached hydrogen (secondary N) is 1. The van der Waals surface area contributed by atoms with E-state index in [9.17, 15) is 9.90 Å². The molecule has 0 saturated heterocycles. The van der Waals surface area contributed by atoms with Gasteiger partial charge in [-0.05, 0) is 37.8 Å². The molecule has 2 N–H and O–H groups in total. The molecule has 1 aromatic carbocycles. The van der Waals surface area contributed by atoms with Crippen molar-refractivity contribution in [2.45, 2.75) is 51.5 Å². The Morgan fingerprint density at radius 2 is 1.79 bits per heavy atom. The third-order valence-corrected chi connectivity index (χ3v) is 4.20. The van der Waals surface area contributed by atoms with Crippen molar-refractivity contribution in [1.82, 2.24) is 5.32 Å². The fraction of sp³-hybridized carbons (Fsp3) is 0.562. The fourth-order valence-corrected chi connectivity index (χ4v) is 3.03. The third-order valence-electron chi connectivity index (χ3n) is 4.20. The molecule has 0 atom stereocenters. The summed E-state index contributed by atoms with van der Waals surface area (Å²) in [4.78, 5) is 12.5. The number of amides is 1. The molecular formula is C16H23NO2. The lowest BCUT2D eigenvalue weighted by atomic mass is 9.82. The maximum Gasteiger partial charge on any atom is 0.252 e. The minimum atomic E-state index is -0.413. The van der Waals surface area contributed by atoms with Gasteiger partial charge in [0.1, 0.15) is 0 Å². The molecular weight excluding hydrogens is 238 g/mol. The van der Waals surface area contributed by atoms with E-state index in [1.807, 2.05) is 32.0 Å². The van der Waals surface area contributed by atoms with Crippen LogP contribution < -0.4 is 5.32 Å². The van der Waals surface area contributed by atoms with Crippen LogP contribution in [0.2, 0.25) is 0 Å². The summed E-state index contributed by atoms with van der Waals surface area (Å²) in [7, 11) is 0. The molecule has 104 valence electrons. The first-order chi connectivity index (χ1) is 9.08. The highest BCUT2D eigenvalue weighted by Crippen LogP contribution is 2.28. The zero-order chi connectivity index (χ0) is 13.9. The molecule has 0 heterocycles. The molecule has 0 unspecified atom stereocenters. The second-order valence-electron chi connectivity index (χ2n) is 5.72. The van der Waals surface area contributed by atoms with Gasteiger partial charge in [-0.2, -0.15) is 0 Å². The Balaban J connectivity index is 2.20. The Bertz CT molecular complexity index is 442. The molecule has 1 saturated carbocycles. The number of hydrogen-bond donors (Lipinski definition) is 2. The number of rotatable bonds is 3. The van der Waals surface area contributed by atoms with Crippen molar-refractivity contribution in [2.24, 2.45) is 0 Å². The van der Waals surface area contributed by atoms with Crippen LogP contribution in [0.4, 0.5) is 0 Å². The zero-order valence-corrected chi connectivity index (χ0v) is 11.8. The van der Waals surface area contributed by atoms with Gasteiger partial charge in [0, 0.05) is 5.56 Å². The van der Waals surface area contributed by atoms with Crippen molar-refractivity contribution < 1.29 is 9.90 Å². The quantitative estimate of drug-likeness (QED) is 0.879. The predicted octanol–water partition coefficient (Wildman–Crippen LogP) is 2.73. The van der Waals surface area contributed by atoms with E-state index in [1.54, 1.807) is 0 Å². The van der Waals surface area contributed by atoms with Crippen molar-refractivity contribution in [2.75, 3.05) is 6.61 Å². The lowest BCUT2D eigenvalue weighted by Gasteiger charge is -2.36. The molecule has 1 fully saturated rings. The van der Waals surface area contributed by atoms with Crippen LogP contribution in [0.1, 0.15) is 53.6 Å². The lowest BCUT2D eigenvalue weighted by molar-refractivity contribution is 0.0757. The Labute approximate surface area is 115 Å². The average Bonchev–Trinajstić information content (AvgIpc) is 2.39. The van der Waals surface area contributed by atoms with E-state index in [-0.39, 0.29) is 12.5 Å². The van der Waals surface area contributed by atoms with E-state index in [1.165, 1.54) is 6.42 Å². The van der Waals surface area contributed by atoms with Crippen molar-refractivity contribution in [3.8, 4) is 0 Å². The number of aliphatic hydroxyl groups excluding tert-OH is 1. The molecule has 1 aromatic rings. The van der Waals surface area contributed by atoms with Crippen molar-refractivity contribution in [3.05, 3.63) is 34.9 Å². The molecule has 3 nitrogen and oxygen atoms in total. The standard InChI is InChI=1S/C16H23NO2/c1-12-7-6-8-13(2)14(12)15(19)17-16(11-18)9-4-3-5-10-16/h6-8,18H,3-5,9-11H2,1-2H3,(H,17,19). The molecule has 1 aliphatic rings. The van der Waals surface area contributed by atoms with E-state index in [0.717, 1.165) is 42.4 Å². The summed E-state index contributed by atoms with van der Waals surface area (Å²) in [6.07, 6.45) is 5.10. The minimum Gasteiger partial charge on any atom is -0.394 e. The number of hydrogen-bond acceptors (Lipinski definition) is 2. The monoisotopic (exact) mass is 261 g/mol.